The minimum absolute atomic E-state index is 0.0446. The van der Waals surface area contributed by atoms with Gasteiger partial charge in [0.05, 0.1) is 16.3 Å². The summed E-state index contributed by atoms with van der Waals surface area (Å²) in [6, 6.07) is 11.6. The van der Waals surface area contributed by atoms with Crippen molar-refractivity contribution in [3.05, 3.63) is 48.0 Å². The third-order valence-corrected chi connectivity index (χ3v) is 5.08. The number of aryl methyl sites for hydroxylation is 1. The number of para-hydroxylation sites is 1. The van der Waals surface area contributed by atoms with Gasteiger partial charge in [0.1, 0.15) is 5.75 Å². The average molecular weight is 332 g/mol. The highest BCUT2D eigenvalue weighted by molar-refractivity contribution is 7.92. The molecule has 0 spiro atoms. The highest BCUT2D eigenvalue weighted by Gasteiger charge is 2.25. The first-order valence-electron chi connectivity index (χ1n) is 7.00. The van der Waals surface area contributed by atoms with Crippen LogP contribution in [-0.2, 0) is 14.8 Å². The Kier molecular flexibility index (Phi) is 3.73. The number of sulfonamides is 1. The summed E-state index contributed by atoms with van der Waals surface area (Å²) in [6.07, 6.45) is 0. The number of carbonyl (C=O) groups is 1. The Morgan fingerprint density at radius 2 is 1.91 bits per heavy atom. The van der Waals surface area contributed by atoms with Gasteiger partial charge in [-0.25, -0.2) is 8.42 Å². The summed E-state index contributed by atoms with van der Waals surface area (Å²) in [4.78, 5) is 13.2. The van der Waals surface area contributed by atoms with Gasteiger partial charge in [-0.05, 0) is 36.8 Å². The lowest BCUT2D eigenvalue weighted by Gasteiger charge is -2.26. The number of likely N-dealkylation sites (N-methyl/N-ethyl adjacent to an activating group) is 1. The number of nitrogens with one attached hydrogen (secondary N) is 1. The van der Waals surface area contributed by atoms with E-state index in [9.17, 15) is 13.2 Å². The van der Waals surface area contributed by atoms with Crippen LogP contribution in [0.2, 0.25) is 0 Å². The van der Waals surface area contributed by atoms with Crippen LogP contribution in [0.4, 0.5) is 11.4 Å². The minimum Gasteiger partial charge on any atom is -0.482 e. The van der Waals surface area contributed by atoms with Crippen LogP contribution >= 0.6 is 0 Å². The van der Waals surface area contributed by atoms with Crippen molar-refractivity contribution in [2.45, 2.75) is 11.8 Å². The SMILES string of the molecule is Cc1ccccc1NS(=O)(=O)c1ccc2c(c1)N(C)C(=O)CO2. The van der Waals surface area contributed by atoms with Crippen molar-refractivity contribution in [1.82, 2.24) is 0 Å². The third kappa shape index (κ3) is 2.87. The molecule has 1 aliphatic heterocycles. The Bertz CT molecular complexity index is 877. The summed E-state index contributed by atoms with van der Waals surface area (Å²) in [6.45, 7) is 1.78. The standard InChI is InChI=1S/C16H16N2O4S/c1-11-5-3-4-6-13(11)17-23(20,21)12-7-8-15-14(9-12)18(2)16(19)10-22-15/h3-9,17H,10H2,1-2H3. The van der Waals surface area contributed by atoms with E-state index in [0.717, 1.165) is 5.56 Å². The predicted octanol–water partition coefficient (Wildman–Crippen LogP) is 2.15. The minimum atomic E-state index is -3.75. The summed E-state index contributed by atoms with van der Waals surface area (Å²) in [5.74, 6) is 0.265. The van der Waals surface area contributed by atoms with E-state index in [1.807, 2.05) is 19.1 Å². The van der Waals surface area contributed by atoms with Crippen LogP contribution in [0.1, 0.15) is 5.56 Å². The number of rotatable bonds is 3. The molecular weight excluding hydrogens is 316 g/mol. The maximum Gasteiger partial charge on any atom is 0.264 e. The molecule has 1 aliphatic rings. The van der Waals surface area contributed by atoms with Crippen molar-refractivity contribution in [2.75, 3.05) is 23.3 Å². The molecule has 0 aromatic heterocycles. The van der Waals surface area contributed by atoms with E-state index in [0.29, 0.717) is 17.1 Å². The van der Waals surface area contributed by atoms with Gasteiger partial charge < -0.3 is 9.64 Å². The quantitative estimate of drug-likeness (QED) is 0.934. The first kappa shape index (κ1) is 15.4. The van der Waals surface area contributed by atoms with Gasteiger partial charge >= 0.3 is 0 Å². The van der Waals surface area contributed by atoms with Gasteiger partial charge in [0, 0.05) is 7.05 Å². The lowest BCUT2D eigenvalue weighted by Crippen LogP contribution is -2.35. The molecule has 1 amide bonds. The Labute approximate surface area is 134 Å². The Balaban J connectivity index is 1.98. The zero-order valence-electron chi connectivity index (χ0n) is 12.7. The van der Waals surface area contributed by atoms with E-state index in [2.05, 4.69) is 4.72 Å². The van der Waals surface area contributed by atoms with Crippen molar-refractivity contribution in [1.29, 1.82) is 0 Å². The molecule has 120 valence electrons. The first-order valence-corrected chi connectivity index (χ1v) is 8.49. The smallest absolute Gasteiger partial charge is 0.264 e. The molecule has 0 aliphatic carbocycles. The van der Waals surface area contributed by atoms with Gasteiger partial charge in [-0.2, -0.15) is 0 Å². The van der Waals surface area contributed by atoms with Crippen LogP contribution in [0.15, 0.2) is 47.4 Å². The third-order valence-electron chi connectivity index (χ3n) is 3.72. The van der Waals surface area contributed by atoms with Gasteiger partial charge in [0.2, 0.25) is 0 Å². The largest absolute Gasteiger partial charge is 0.482 e. The van der Waals surface area contributed by atoms with Crippen LogP contribution in [-0.4, -0.2) is 28.0 Å². The van der Waals surface area contributed by atoms with E-state index in [1.54, 1.807) is 25.2 Å². The fourth-order valence-corrected chi connectivity index (χ4v) is 3.46. The van der Waals surface area contributed by atoms with Gasteiger partial charge in [-0.1, -0.05) is 18.2 Å². The zero-order chi connectivity index (χ0) is 16.6. The van der Waals surface area contributed by atoms with E-state index in [4.69, 9.17) is 4.74 Å². The molecular formula is C16H16N2O4S. The second-order valence-corrected chi connectivity index (χ2v) is 6.97. The Hall–Kier alpha value is -2.54. The average Bonchev–Trinajstić information content (AvgIpc) is 2.53. The summed E-state index contributed by atoms with van der Waals surface area (Å²) in [5.41, 5.74) is 1.78. The Morgan fingerprint density at radius 1 is 1.17 bits per heavy atom. The molecule has 0 saturated heterocycles. The number of nitrogens with zero attached hydrogens (tertiary/aromatic N) is 1. The number of amides is 1. The predicted molar refractivity (Wildman–Crippen MR) is 87.3 cm³/mol. The molecule has 0 atom stereocenters. The summed E-state index contributed by atoms with van der Waals surface area (Å²) >= 11 is 0. The van der Waals surface area contributed by atoms with Crippen molar-refractivity contribution >= 4 is 27.3 Å². The van der Waals surface area contributed by atoms with Gasteiger partial charge in [0.15, 0.2) is 6.61 Å². The number of ether oxygens (including phenoxy) is 1. The number of hydrogen-bond acceptors (Lipinski definition) is 4. The van der Waals surface area contributed by atoms with Crippen LogP contribution in [0.5, 0.6) is 5.75 Å². The fraction of sp³-hybridized carbons (Fsp3) is 0.188. The molecule has 1 N–H and O–H groups in total. The molecule has 3 rings (SSSR count). The lowest BCUT2D eigenvalue weighted by molar-refractivity contribution is -0.120. The molecule has 23 heavy (non-hydrogen) atoms. The van der Waals surface area contributed by atoms with Crippen LogP contribution in [0.3, 0.4) is 0 Å². The second-order valence-electron chi connectivity index (χ2n) is 5.29. The van der Waals surface area contributed by atoms with E-state index in [1.165, 1.54) is 17.0 Å². The van der Waals surface area contributed by atoms with E-state index < -0.39 is 10.0 Å². The molecule has 0 saturated carbocycles. The van der Waals surface area contributed by atoms with Crippen LogP contribution < -0.4 is 14.4 Å². The van der Waals surface area contributed by atoms with E-state index >= 15 is 0 Å². The second kappa shape index (κ2) is 5.58. The lowest BCUT2D eigenvalue weighted by atomic mass is 10.2. The highest BCUT2D eigenvalue weighted by Crippen LogP contribution is 2.33. The number of hydrogen-bond donors (Lipinski definition) is 1. The molecule has 6 nitrogen and oxygen atoms in total. The maximum atomic E-state index is 12.6. The summed E-state index contributed by atoms with van der Waals surface area (Å²) in [5, 5.41) is 0. The normalized spacial score (nSPS) is 14.2. The van der Waals surface area contributed by atoms with Crippen molar-refractivity contribution in [3.63, 3.8) is 0 Å². The van der Waals surface area contributed by atoms with E-state index in [-0.39, 0.29) is 17.4 Å². The van der Waals surface area contributed by atoms with Crippen molar-refractivity contribution in [3.8, 4) is 5.75 Å². The molecule has 0 fully saturated rings. The van der Waals surface area contributed by atoms with Gasteiger partial charge in [0.25, 0.3) is 15.9 Å². The number of fused-ring (bicyclic) bond motifs is 1. The van der Waals surface area contributed by atoms with Crippen LogP contribution in [0.25, 0.3) is 0 Å². The molecule has 2 aromatic rings. The zero-order valence-corrected chi connectivity index (χ0v) is 13.6. The monoisotopic (exact) mass is 332 g/mol. The fourth-order valence-electron chi connectivity index (χ4n) is 2.31. The topological polar surface area (TPSA) is 75.7 Å². The first-order chi connectivity index (χ1) is 10.9. The summed E-state index contributed by atoms with van der Waals surface area (Å²) in [7, 11) is -2.16. The van der Waals surface area contributed by atoms with Crippen LogP contribution in [0, 0.1) is 6.92 Å². The number of carbonyl (C=O) groups excluding carboxylic acids is 1. The van der Waals surface area contributed by atoms with Gasteiger partial charge in [-0.15, -0.1) is 0 Å². The maximum absolute atomic E-state index is 12.6. The highest BCUT2D eigenvalue weighted by atomic mass is 32.2. The molecule has 0 unspecified atom stereocenters. The Morgan fingerprint density at radius 3 is 2.65 bits per heavy atom. The molecule has 2 aromatic carbocycles. The van der Waals surface area contributed by atoms with Crippen molar-refractivity contribution in [2.24, 2.45) is 0 Å². The number of benzene rings is 2. The molecule has 7 heteroatoms. The number of anilines is 2. The molecule has 0 radical (unpaired) electrons. The summed E-state index contributed by atoms with van der Waals surface area (Å²) < 4.78 is 33.0. The molecule has 0 bridgehead atoms. The van der Waals surface area contributed by atoms with Gasteiger partial charge in [-0.3, -0.25) is 9.52 Å². The van der Waals surface area contributed by atoms with Crippen molar-refractivity contribution < 1.29 is 17.9 Å². The molecule has 1 heterocycles.